The Morgan fingerprint density at radius 3 is 2.74 bits per heavy atom. The lowest BCUT2D eigenvalue weighted by Crippen LogP contribution is -2.48. The third-order valence-electron chi connectivity index (χ3n) is 8.73. The van der Waals surface area contributed by atoms with Crippen LogP contribution < -0.4 is 14.8 Å². The predicted molar refractivity (Wildman–Crippen MR) is 157 cm³/mol. The van der Waals surface area contributed by atoms with E-state index in [1.165, 1.54) is 18.5 Å². The van der Waals surface area contributed by atoms with Crippen molar-refractivity contribution in [3.05, 3.63) is 59.3 Å². The number of nitrogens with zero attached hydrogens (tertiary/aromatic N) is 7. The fraction of sp³-hybridized carbons (Fsp3) is 0.484. The first-order chi connectivity index (χ1) is 20.4. The van der Waals surface area contributed by atoms with Gasteiger partial charge in [0.1, 0.15) is 0 Å². The summed E-state index contributed by atoms with van der Waals surface area (Å²) in [4.78, 5) is 7.07. The van der Waals surface area contributed by atoms with E-state index in [9.17, 15) is 5.11 Å². The molecular weight excluding hydrogens is 532 g/mol. The van der Waals surface area contributed by atoms with Gasteiger partial charge in [0.2, 0.25) is 0 Å². The normalized spacial score (nSPS) is 19.9. The lowest BCUT2D eigenvalue weighted by atomic mass is 9.75. The Hall–Kier alpha value is -4.14. The van der Waals surface area contributed by atoms with Crippen LogP contribution in [0.2, 0.25) is 0 Å². The summed E-state index contributed by atoms with van der Waals surface area (Å²) in [5, 5.41) is 31.5. The molecule has 2 N–H and O–H groups in total. The molecule has 0 amide bonds. The number of rotatable bonds is 10. The van der Waals surface area contributed by atoms with Crippen LogP contribution in [0, 0.1) is 31.2 Å². The van der Waals surface area contributed by atoms with E-state index < -0.39 is 6.10 Å². The summed E-state index contributed by atoms with van der Waals surface area (Å²) < 4.78 is 15.9. The molecule has 1 aliphatic carbocycles. The summed E-state index contributed by atoms with van der Waals surface area (Å²) in [6.45, 7) is 8.65. The lowest BCUT2D eigenvalue weighted by Gasteiger charge is -2.45. The van der Waals surface area contributed by atoms with Gasteiger partial charge in [0, 0.05) is 43.1 Å². The maximum absolute atomic E-state index is 10.2. The molecule has 1 fully saturated rings. The molecule has 5 heterocycles. The Balaban J connectivity index is 1.26. The van der Waals surface area contributed by atoms with Crippen LogP contribution in [-0.4, -0.2) is 66.7 Å². The zero-order valence-corrected chi connectivity index (χ0v) is 24.6. The Bertz CT molecular complexity index is 1600. The van der Waals surface area contributed by atoms with E-state index >= 15 is 0 Å². The molecule has 0 unspecified atom stereocenters. The van der Waals surface area contributed by atoms with Gasteiger partial charge in [0.25, 0.3) is 0 Å². The van der Waals surface area contributed by atoms with Gasteiger partial charge in [-0.05, 0) is 69.2 Å². The van der Waals surface area contributed by atoms with Gasteiger partial charge in [-0.2, -0.15) is 15.5 Å². The van der Waals surface area contributed by atoms with Gasteiger partial charge in [-0.1, -0.05) is 6.07 Å². The summed E-state index contributed by atoms with van der Waals surface area (Å²) in [5.41, 5.74) is 6.51. The predicted octanol–water partition coefficient (Wildman–Crippen LogP) is 3.77. The second-order valence-corrected chi connectivity index (χ2v) is 11.6. The number of pyridine rings is 2. The van der Waals surface area contributed by atoms with Gasteiger partial charge in [-0.25, -0.2) is 4.52 Å². The highest BCUT2D eigenvalue weighted by molar-refractivity contribution is 5.75. The van der Waals surface area contributed by atoms with Crippen molar-refractivity contribution in [3.8, 4) is 28.9 Å². The number of hydrogen-bond acceptors (Lipinski definition) is 9. The number of fused-ring (bicyclic) bond motifs is 2. The molecule has 4 aromatic heterocycles. The second-order valence-electron chi connectivity index (χ2n) is 11.6. The molecule has 0 saturated heterocycles. The molecule has 11 heteroatoms. The van der Waals surface area contributed by atoms with Gasteiger partial charge >= 0.3 is 0 Å². The Morgan fingerprint density at radius 2 is 2.02 bits per heavy atom. The van der Waals surface area contributed by atoms with E-state index in [1.807, 2.05) is 31.3 Å². The quantitative estimate of drug-likeness (QED) is 0.216. The molecule has 2 aliphatic rings. The maximum Gasteiger partial charge on any atom is 0.176 e. The Kier molecular flexibility index (Phi) is 7.75. The van der Waals surface area contributed by atoms with Crippen LogP contribution in [0.1, 0.15) is 54.8 Å². The van der Waals surface area contributed by atoms with E-state index in [0.29, 0.717) is 34.7 Å². The first-order valence-electron chi connectivity index (χ1n) is 14.6. The maximum atomic E-state index is 10.2. The third-order valence-corrected chi connectivity index (χ3v) is 8.73. The molecule has 0 radical (unpaired) electrons. The zero-order valence-electron chi connectivity index (χ0n) is 24.6. The number of ether oxygens (including phenoxy) is 2. The van der Waals surface area contributed by atoms with Crippen LogP contribution in [0.15, 0.2) is 36.8 Å². The average Bonchev–Trinajstić information content (AvgIpc) is 3.54. The van der Waals surface area contributed by atoms with Gasteiger partial charge < -0.3 is 19.9 Å². The smallest absolute Gasteiger partial charge is 0.176 e. The van der Waals surface area contributed by atoms with E-state index in [4.69, 9.17) is 19.8 Å². The topological polar surface area (TPSA) is 126 Å². The molecule has 11 nitrogen and oxygen atoms in total. The Labute approximate surface area is 245 Å². The molecule has 220 valence electrons. The van der Waals surface area contributed by atoms with Crippen LogP contribution in [0.25, 0.3) is 16.8 Å². The third kappa shape index (κ3) is 5.28. The minimum absolute atomic E-state index is 0.230. The van der Waals surface area contributed by atoms with Crippen LogP contribution in [0.3, 0.4) is 0 Å². The molecule has 1 saturated carbocycles. The number of aliphatic hydroxyl groups excluding tert-OH is 1. The van der Waals surface area contributed by atoms with Gasteiger partial charge in [-0.15, -0.1) is 0 Å². The zero-order chi connectivity index (χ0) is 29.4. The number of nitriles is 1. The van der Waals surface area contributed by atoms with Crippen LogP contribution in [0.4, 0.5) is 0 Å². The molecule has 1 aliphatic heterocycles. The highest BCUT2D eigenvalue weighted by atomic mass is 16.5. The van der Waals surface area contributed by atoms with Crippen molar-refractivity contribution in [2.75, 3.05) is 20.3 Å². The molecule has 6 rings (SSSR count). The lowest BCUT2D eigenvalue weighted by molar-refractivity contribution is 0.0477. The number of nitrogens with one attached hydrogen (secondary N) is 1. The molecule has 0 aromatic carbocycles. The van der Waals surface area contributed by atoms with Crippen molar-refractivity contribution in [2.24, 2.45) is 5.92 Å². The van der Waals surface area contributed by atoms with E-state index in [2.05, 4.69) is 45.0 Å². The van der Waals surface area contributed by atoms with Gasteiger partial charge in [0.15, 0.2) is 29.3 Å². The molecule has 2 atom stereocenters. The van der Waals surface area contributed by atoms with Crippen LogP contribution in [-0.2, 0) is 13.1 Å². The fourth-order valence-electron chi connectivity index (χ4n) is 6.35. The molecule has 0 spiro atoms. The summed E-state index contributed by atoms with van der Waals surface area (Å²) in [6, 6.07) is 6.60. The fourth-order valence-corrected chi connectivity index (χ4v) is 6.35. The Morgan fingerprint density at radius 1 is 1.19 bits per heavy atom. The van der Waals surface area contributed by atoms with Crippen molar-refractivity contribution >= 4 is 5.52 Å². The number of methoxy groups -OCH3 is 1. The van der Waals surface area contributed by atoms with E-state index in [1.54, 1.807) is 24.0 Å². The monoisotopic (exact) mass is 570 g/mol. The van der Waals surface area contributed by atoms with Gasteiger partial charge in [0.05, 0.1) is 43.5 Å². The van der Waals surface area contributed by atoms with Gasteiger partial charge in [-0.3, -0.25) is 14.6 Å². The second kappa shape index (κ2) is 11.6. The van der Waals surface area contributed by atoms with Crippen molar-refractivity contribution in [2.45, 2.75) is 71.3 Å². The van der Waals surface area contributed by atoms with Crippen molar-refractivity contribution in [3.63, 3.8) is 0 Å². The molecule has 0 bridgehead atoms. The number of hydrogen-bond donors (Lipinski definition) is 2. The first kappa shape index (κ1) is 28.0. The standard InChI is InChI=1S/C31H38N8O3/c1-19-5-6-25(33-13-19)29(17-40)42-27-12-23(15-39-31(27)28(41-4)14-35-39)30-21(3)26-16-37(7-8-38(26)36-30)24-10-22(11-24)9-20(2)34-18-32/h5-6,12-15,20,22,24,29,34,40H,7-11,16-17H2,1-4H3/t20-,22?,24?,29-/m1/s1. The van der Waals surface area contributed by atoms with Crippen molar-refractivity contribution in [1.29, 1.82) is 5.26 Å². The summed E-state index contributed by atoms with van der Waals surface area (Å²) in [7, 11) is 1.60. The number of aromatic nitrogens is 5. The molecule has 42 heavy (non-hydrogen) atoms. The first-order valence-corrected chi connectivity index (χ1v) is 14.6. The summed E-state index contributed by atoms with van der Waals surface area (Å²) in [6.07, 6.45) is 10.2. The van der Waals surface area contributed by atoms with Crippen LogP contribution >= 0.6 is 0 Å². The van der Waals surface area contributed by atoms with Crippen molar-refractivity contribution < 1.29 is 14.6 Å². The molecule has 4 aromatic rings. The number of aryl methyl sites for hydroxylation is 1. The summed E-state index contributed by atoms with van der Waals surface area (Å²) >= 11 is 0. The minimum atomic E-state index is -0.654. The average molecular weight is 571 g/mol. The van der Waals surface area contributed by atoms with E-state index in [0.717, 1.165) is 48.4 Å². The van der Waals surface area contributed by atoms with Crippen molar-refractivity contribution in [1.82, 2.24) is 34.6 Å². The number of aliphatic hydroxyl groups is 1. The largest absolute Gasteiger partial charge is 0.493 e. The highest BCUT2D eigenvalue weighted by Crippen LogP contribution is 2.39. The van der Waals surface area contributed by atoms with Crippen LogP contribution in [0.5, 0.6) is 11.5 Å². The SMILES string of the molecule is COc1cnn2cc(-c3nn4c(c3C)CN(C3CC(C[C@@H](C)NC#N)C3)CC4)cc(O[C@H](CO)c3ccc(C)cn3)c12. The summed E-state index contributed by atoms with van der Waals surface area (Å²) in [5.74, 6) is 1.79. The molecular formula is C31H38N8O3. The highest BCUT2D eigenvalue weighted by Gasteiger charge is 2.36. The van der Waals surface area contributed by atoms with E-state index in [-0.39, 0.29) is 12.6 Å². The minimum Gasteiger partial charge on any atom is -0.493 e.